The molecule has 0 saturated carbocycles. The van der Waals surface area contributed by atoms with Gasteiger partial charge in [0.2, 0.25) is 0 Å². The van der Waals surface area contributed by atoms with E-state index in [-0.39, 0.29) is 5.78 Å². The van der Waals surface area contributed by atoms with Gasteiger partial charge in [-0.15, -0.1) is 0 Å². The molecule has 0 aromatic carbocycles. The summed E-state index contributed by atoms with van der Waals surface area (Å²) in [6, 6.07) is 3.73. The highest BCUT2D eigenvalue weighted by molar-refractivity contribution is 7.18. The molecule has 1 N–H and O–H groups in total. The number of nitrogens with one attached hydrogen (secondary N) is 1. The molecule has 2 heterocycles. The highest BCUT2D eigenvalue weighted by atomic mass is 32.1. The van der Waals surface area contributed by atoms with Crippen LogP contribution >= 0.6 is 11.3 Å². The van der Waals surface area contributed by atoms with Crippen molar-refractivity contribution in [2.45, 2.75) is 6.92 Å². The van der Waals surface area contributed by atoms with Crippen molar-refractivity contribution in [2.24, 2.45) is 0 Å². The number of thiazole rings is 1. The number of carbonyl (C=O) groups excluding carboxylic acids is 1. The van der Waals surface area contributed by atoms with Crippen LogP contribution in [0.2, 0.25) is 0 Å². The topological polar surface area (TPSA) is 54.9 Å². The Kier molecular flexibility index (Phi) is 2.96. The van der Waals surface area contributed by atoms with Crippen LogP contribution in [0.25, 0.3) is 11.3 Å². The maximum Gasteiger partial charge on any atom is 0.183 e. The summed E-state index contributed by atoms with van der Waals surface area (Å²) >= 11 is 1.36. The Hall–Kier alpha value is -1.75. The van der Waals surface area contributed by atoms with Crippen LogP contribution in [0.4, 0.5) is 5.13 Å². The number of rotatable bonds is 3. The molecule has 4 nitrogen and oxygen atoms in total. The lowest BCUT2D eigenvalue weighted by Crippen LogP contribution is -1.92. The standard InChI is InChI=1S/C11H11N3OS/c1-7(15)10-9(14-11(12-2)16-10)8-4-3-5-13-6-8/h3-6H,1-2H3,(H,12,14). The average molecular weight is 233 g/mol. The van der Waals surface area contributed by atoms with E-state index in [1.54, 1.807) is 26.4 Å². The van der Waals surface area contributed by atoms with E-state index in [9.17, 15) is 4.79 Å². The van der Waals surface area contributed by atoms with Crippen LogP contribution in [0, 0.1) is 0 Å². The van der Waals surface area contributed by atoms with Gasteiger partial charge in [0.25, 0.3) is 0 Å². The first-order chi connectivity index (χ1) is 7.72. The fourth-order valence-corrected chi connectivity index (χ4v) is 2.20. The van der Waals surface area contributed by atoms with Crippen LogP contribution in [0.1, 0.15) is 16.6 Å². The number of ketones is 1. The Balaban J connectivity index is 2.55. The second-order valence-corrected chi connectivity index (χ2v) is 4.24. The minimum Gasteiger partial charge on any atom is -0.365 e. The van der Waals surface area contributed by atoms with Crippen LogP contribution in [-0.2, 0) is 0 Å². The van der Waals surface area contributed by atoms with E-state index in [2.05, 4.69) is 15.3 Å². The van der Waals surface area contributed by atoms with Crippen molar-refractivity contribution in [3.05, 3.63) is 29.4 Å². The Labute approximate surface area is 97.4 Å². The molecule has 0 spiro atoms. The first-order valence-corrected chi connectivity index (χ1v) is 5.64. The van der Waals surface area contributed by atoms with Gasteiger partial charge in [-0.2, -0.15) is 0 Å². The molecule has 2 aromatic rings. The van der Waals surface area contributed by atoms with Crippen molar-refractivity contribution in [2.75, 3.05) is 12.4 Å². The molecule has 0 aliphatic carbocycles. The van der Waals surface area contributed by atoms with E-state index in [4.69, 9.17) is 0 Å². The van der Waals surface area contributed by atoms with E-state index in [1.807, 2.05) is 12.1 Å². The summed E-state index contributed by atoms with van der Waals surface area (Å²) in [5.74, 6) is 0.0258. The molecule has 0 aliphatic rings. The van der Waals surface area contributed by atoms with E-state index >= 15 is 0 Å². The highest BCUT2D eigenvalue weighted by Gasteiger charge is 2.15. The number of Topliss-reactive ketones (excluding diaryl/α,β-unsaturated/α-hetero) is 1. The third kappa shape index (κ3) is 1.94. The number of pyridine rings is 1. The van der Waals surface area contributed by atoms with Crippen molar-refractivity contribution in [3.63, 3.8) is 0 Å². The summed E-state index contributed by atoms with van der Waals surface area (Å²) in [5.41, 5.74) is 1.57. The first kappa shape index (κ1) is 10.8. The minimum absolute atomic E-state index is 0.0258. The molecule has 0 aliphatic heterocycles. The Morgan fingerprint density at radius 3 is 2.88 bits per heavy atom. The predicted octanol–water partition coefficient (Wildman–Crippen LogP) is 2.45. The molecule has 0 radical (unpaired) electrons. The largest absolute Gasteiger partial charge is 0.365 e. The summed E-state index contributed by atoms with van der Waals surface area (Å²) in [7, 11) is 1.79. The zero-order chi connectivity index (χ0) is 11.5. The van der Waals surface area contributed by atoms with Crippen LogP contribution in [0.15, 0.2) is 24.5 Å². The molecular formula is C11H11N3OS. The van der Waals surface area contributed by atoms with E-state index in [1.165, 1.54) is 11.3 Å². The second-order valence-electron chi connectivity index (χ2n) is 3.24. The number of carbonyl (C=O) groups is 1. The fourth-order valence-electron chi connectivity index (χ4n) is 1.36. The summed E-state index contributed by atoms with van der Waals surface area (Å²) in [6.45, 7) is 1.55. The summed E-state index contributed by atoms with van der Waals surface area (Å²) in [6.07, 6.45) is 3.41. The Morgan fingerprint density at radius 2 is 2.31 bits per heavy atom. The zero-order valence-corrected chi connectivity index (χ0v) is 9.84. The van der Waals surface area contributed by atoms with Gasteiger partial charge in [-0.05, 0) is 12.1 Å². The van der Waals surface area contributed by atoms with Crippen molar-refractivity contribution >= 4 is 22.3 Å². The van der Waals surface area contributed by atoms with Gasteiger partial charge in [0.05, 0.1) is 10.6 Å². The Morgan fingerprint density at radius 1 is 1.50 bits per heavy atom. The van der Waals surface area contributed by atoms with Gasteiger partial charge < -0.3 is 5.32 Å². The smallest absolute Gasteiger partial charge is 0.183 e. The first-order valence-electron chi connectivity index (χ1n) is 4.82. The third-order valence-electron chi connectivity index (χ3n) is 2.10. The molecule has 2 aromatic heterocycles. The highest BCUT2D eigenvalue weighted by Crippen LogP contribution is 2.30. The maximum absolute atomic E-state index is 11.5. The molecule has 16 heavy (non-hydrogen) atoms. The van der Waals surface area contributed by atoms with Crippen LogP contribution < -0.4 is 5.32 Å². The van der Waals surface area contributed by atoms with Gasteiger partial charge >= 0.3 is 0 Å². The number of aromatic nitrogens is 2. The van der Waals surface area contributed by atoms with Crippen LogP contribution in [0.3, 0.4) is 0 Å². The fraction of sp³-hybridized carbons (Fsp3) is 0.182. The molecule has 0 fully saturated rings. The molecule has 0 saturated heterocycles. The van der Waals surface area contributed by atoms with Crippen molar-refractivity contribution in [3.8, 4) is 11.3 Å². The quantitative estimate of drug-likeness (QED) is 0.827. The van der Waals surface area contributed by atoms with Crippen LogP contribution in [0.5, 0.6) is 0 Å². The minimum atomic E-state index is 0.0258. The van der Waals surface area contributed by atoms with Crippen molar-refractivity contribution in [1.29, 1.82) is 0 Å². The van der Waals surface area contributed by atoms with E-state index in [0.29, 0.717) is 10.6 Å². The van der Waals surface area contributed by atoms with Gasteiger partial charge in [-0.25, -0.2) is 4.98 Å². The monoisotopic (exact) mass is 233 g/mol. The van der Waals surface area contributed by atoms with Gasteiger partial charge in [-0.1, -0.05) is 11.3 Å². The molecule has 0 bridgehead atoms. The van der Waals surface area contributed by atoms with Gasteiger partial charge in [0.1, 0.15) is 0 Å². The molecule has 2 rings (SSSR count). The summed E-state index contributed by atoms with van der Waals surface area (Å²) in [5, 5.41) is 3.69. The van der Waals surface area contributed by atoms with Gasteiger partial charge in [-0.3, -0.25) is 9.78 Å². The molecule has 5 heteroatoms. The number of hydrogen-bond acceptors (Lipinski definition) is 5. The average Bonchev–Trinajstić information content (AvgIpc) is 2.74. The molecule has 0 amide bonds. The van der Waals surface area contributed by atoms with Crippen molar-refractivity contribution < 1.29 is 4.79 Å². The second kappa shape index (κ2) is 4.40. The SMILES string of the molecule is CNc1nc(-c2cccnc2)c(C(C)=O)s1. The van der Waals surface area contributed by atoms with Gasteiger partial charge in [0, 0.05) is 31.9 Å². The number of hydrogen-bond donors (Lipinski definition) is 1. The van der Waals surface area contributed by atoms with E-state index in [0.717, 1.165) is 10.7 Å². The molecule has 0 unspecified atom stereocenters. The van der Waals surface area contributed by atoms with Crippen LogP contribution in [-0.4, -0.2) is 22.8 Å². The lowest BCUT2D eigenvalue weighted by atomic mass is 10.1. The van der Waals surface area contributed by atoms with E-state index < -0.39 is 0 Å². The molecule has 0 atom stereocenters. The molecular weight excluding hydrogens is 222 g/mol. The predicted molar refractivity (Wildman–Crippen MR) is 64.9 cm³/mol. The molecule has 82 valence electrons. The van der Waals surface area contributed by atoms with Crippen molar-refractivity contribution in [1.82, 2.24) is 9.97 Å². The normalized spacial score (nSPS) is 10.1. The lowest BCUT2D eigenvalue weighted by molar-refractivity contribution is 0.102. The number of anilines is 1. The summed E-state index contributed by atoms with van der Waals surface area (Å²) < 4.78 is 0. The summed E-state index contributed by atoms with van der Waals surface area (Å²) in [4.78, 5) is 20.6. The lowest BCUT2D eigenvalue weighted by Gasteiger charge is -1.97. The zero-order valence-electron chi connectivity index (χ0n) is 9.02. The maximum atomic E-state index is 11.5. The Bertz CT molecular complexity index is 507. The third-order valence-corrected chi connectivity index (χ3v) is 3.27. The number of nitrogens with zero attached hydrogens (tertiary/aromatic N) is 2. The van der Waals surface area contributed by atoms with Gasteiger partial charge in [0.15, 0.2) is 10.9 Å².